The second kappa shape index (κ2) is 20.5. The maximum Gasteiger partial charge on any atom is 0.183 e. The third kappa shape index (κ3) is 14.9. The quantitative estimate of drug-likeness (QED) is 0.194. The van der Waals surface area contributed by atoms with Gasteiger partial charge in [-0.2, -0.15) is 0 Å². The average Bonchev–Trinajstić information content (AvgIpc) is 3.73. The van der Waals surface area contributed by atoms with E-state index in [4.69, 9.17) is 42.6 Å². The van der Waals surface area contributed by atoms with Gasteiger partial charge in [0.15, 0.2) is 73.2 Å². The molecule has 6 saturated heterocycles. The van der Waals surface area contributed by atoms with Crippen molar-refractivity contribution < 1.29 is 141 Å². The van der Waals surface area contributed by atoms with Crippen molar-refractivity contribution in [1.29, 1.82) is 0 Å². The molecule has 15 unspecified atom stereocenters. The van der Waals surface area contributed by atoms with E-state index in [1.807, 2.05) is 0 Å². The van der Waals surface area contributed by atoms with Gasteiger partial charge in [0.2, 0.25) is 0 Å². The largest absolute Gasteiger partial charge is 0.388 e. The van der Waals surface area contributed by atoms with Gasteiger partial charge < -0.3 is 63.1 Å². The van der Waals surface area contributed by atoms with Crippen molar-refractivity contribution in [3.8, 4) is 0 Å². The number of hydrogen-bond donors (Lipinski definition) is 4. The normalized spacial score (nSPS) is 40.1. The summed E-state index contributed by atoms with van der Waals surface area (Å²) in [5.74, 6) is -4.19. The Labute approximate surface area is 395 Å². The van der Waals surface area contributed by atoms with Crippen molar-refractivity contribution in [3.63, 3.8) is 0 Å². The SMILES string of the molecule is CC1OC(O)C(O)C2OC(C)(C)OC12.CCS(=O)(=O)CS(=O)(=O)CC1OC(C)C2OC(C)(C)OC2C1O.CCS(=O)(=O)CS(=O)(=O)CC1OC(C)C2OC(C)(C)OC2C1O.[Ac]. The Balaban J connectivity index is 0.000000249. The predicted molar refractivity (Wildman–Crippen MR) is 211 cm³/mol. The summed E-state index contributed by atoms with van der Waals surface area (Å²) in [4.78, 5) is 0. The van der Waals surface area contributed by atoms with Gasteiger partial charge in [-0.05, 0) is 62.3 Å². The Morgan fingerprint density at radius 1 is 0.426 bits per heavy atom. The fourth-order valence-corrected chi connectivity index (χ4v) is 15.8. The van der Waals surface area contributed by atoms with Crippen molar-refractivity contribution in [3.05, 3.63) is 0 Å². The summed E-state index contributed by atoms with van der Waals surface area (Å²) in [6.07, 6.45) is -11.3. The van der Waals surface area contributed by atoms with Gasteiger partial charge in [-0.3, -0.25) is 0 Å². The molecule has 0 amide bonds. The maximum absolute atomic E-state index is 12.1. The Kier molecular flexibility index (Phi) is 18.9. The van der Waals surface area contributed by atoms with Crippen molar-refractivity contribution in [1.82, 2.24) is 0 Å². The van der Waals surface area contributed by atoms with E-state index < -0.39 is 158 Å². The van der Waals surface area contributed by atoms with Crippen molar-refractivity contribution in [2.75, 3.05) is 33.2 Å². The average molecular weight is 1180 g/mol. The molecule has 0 spiro atoms. The molecule has 26 heteroatoms. The topological polar surface area (TPSA) is 301 Å². The first-order valence-electron chi connectivity index (χ1n) is 19.7. The zero-order chi connectivity index (χ0) is 45.8. The summed E-state index contributed by atoms with van der Waals surface area (Å²) in [6.45, 7) is 18.3. The fraction of sp³-hybridized carbons (Fsp3) is 1.00. The summed E-state index contributed by atoms with van der Waals surface area (Å²) in [6, 6.07) is 0. The molecule has 21 nitrogen and oxygen atoms in total. The smallest absolute Gasteiger partial charge is 0.183 e. The van der Waals surface area contributed by atoms with Gasteiger partial charge in [-0.15, -0.1) is 0 Å². The van der Waals surface area contributed by atoms with Gasteiger partial charge in [-0.1, -0.05) is 13.8 Å². The summed E-state index contributed by atoms with van der Waals surface area (Å²) in [5, 5.41) is 37.8. The Morgan fingerprint density at radius 2 is 0.689 bits per heavy atom. The molecule has 357 valence electrons. The van der Waals surface area contributed by atoms with Crippen LogP contribution in [-0.4, -0.2) is 196 Å². The summed E-state index contributed by atoms with van der Waals surface area (Å²) in [7, 11) is -15.2. The molecular weight excluding hydrogens is 1110 g/mol. The first-order valence-corrected chi connectivity index (χ1v) is 27.0. The molecular formula is C35H64AcO21S4. The van der Waals surface area contributed by atoms with E-state index in [1.54, 1.807) is 62.3 Å². The Morgan fingerprint density at radius 3 is 0.984 bits per heavy atom. The second-order valence-electron chi connectivity index (χ2n) is 17.3. The van der Waals surface area contributed by atoms with Crippen LogP contribution in [0.1, 0.15) is 76.2 Å². The molecule has 0 bridgehead atoms. The fourth-order valence-electron chi connectivity index (χ4n) is 7.75. The van der Waals surface area contributed by atoms with Gasteiger partial charge in [0.1, 0.15) is 67.1 Å². The van der Waals surface area contributed by atoms with Crippen molar-refractivity contribution in [2.24, 2.45) is 0 Å². The summed E-state index contributed by atoms with van der Waals surface area (Å²) >= 11 is 0. The van der Waals surface area contributed by atoms with Crippen LogP contribution in [-0.2, 0) is 82.0 Å². The first kappa shape index (κ1) is 56.0. The number of aliphatic hydroxyl groups excluding tert-OH is 4. The molecule has 0 aliphatic carbocycles. The standard InChI is InChI=1S/2C13H24O8S2.C9H16O5.Ac/c2*1-5-22(15,16)7-23(17,18)6-9-10(14)12-11(8(2)19-9)20-13(3,4)21-12;1-4-6-7(5(10)8(11)12-4)14-9(2,3)13-6;/h2*8-12,14H,5-7H2,1-4H3;4-8,10-11H,1-3H3;. The minimum absolute atomic E-state index is 0. The van der Waals surface area contributed by atoms with Crippen LogP contribution in [0.25, 0.3) is 0 Å². The van der Waals surface area contributed by atoms with Gasteiger partial charge in [0.25, 0.3) is 0 Å². The van der Waals surface area contributed by atoms with E-state index in [0.29, 0.717) is 0 Å². The van der Waals surface area contributed by atoms with Gasteiger partial charge in [0, 0.05) is 55.6 Å². The Hall–Kier alpha value is 0.722. The van der Waals surface area contributed by atoms with Crippen LogP contribution >= 0.6 is 0 Å². The monoisotopic (exact) mass is 1180 g/mol. The van der Waals surface area contributed by atoms with Crippen LogP contribution in [0.15, 0.2) is 0 Å². The number of ether oxygens (including phenoxy) is 9. The zero-order valence-corrected chi connectivity index (χ0v) is 44.4. The zero-order valence-electron chi connectivity index (χ0n) is 36.3. The number of aliphatic hydroxyl groups is 4. The third-order valence-electron chi connectivity index (χ3n) is 10.5. The van der Waals surface area contributed by atoms with Crippen LogP contribution in [0.4, 0.5) is 0 Å². The minimum atomic E-state index is -3.93. The number of sulfone groups is 4. The van der Waals surface area contributed by atoms with Gasteiger partial charge >= 0.3 is 0 Å². The number of rotatable bonds is 10. The molecule has 6 heterocycles. The Bertz CT molecular complexity index is 1810. The van der Waals surface area contributed by atoms with Crippen LogP contribution in [0.5, 0.6) is 0 Å². The molecule has 1 radical (unpaired) electrons. The summed E-state index contributed by atoms with van der Waals surface area (Å²) < 4.78 is 144. The molecule has 0 aromatic carbocycles. The van der Waals surface area contributed by atoms with E-state index >= 15 is 0 Å². The molecule has 6 rings (SSSR count). The molecule has 6 aliphatic heterocycles. The van der Waals surface area contributed by atoms with Gasteiger partial charge in [-0.25, -0.2) is 33.7 Å². The minimum Gasteiger partial charge on any atom is -0.388 e. The molecule has 4 N–H and O–H groups in total. The van der Waals surface area contributed by atoms with Gasteiger partial charge in [0.05, 0.1) is 29.8 Å². The van der Waals surface area contributed by atoms with E-state index in [2.05, 4.69) is 0 Å². The molecule has 0 aromatic rings. The molecule has 6 fully saturated rings. The molecule has 6 aliphatic rings. The van der Waals surface area contributed by atoms with Crippen molar-refractivity contribution in [2.45, 2.75) is 185 Å². The molecule has 15 atom stereocenters. The predicted octanol–water partition coefficient (Wildman–Crippen LogP) is -1.47. The van der Waals surface area contributed by atoms with Crippen molar-refractivity contribution >= 4 is 39.3 Å². The van der Waals surface area contributed by atoms with Crippen LogP contribution in [0.3, 0.4) is 0 Å². The number of hydrogen-bond acceptors (Lipinski definition) is 21. The first-order chi connectivity index (χ1) is 27.1. The second-order valence-corrected chi connectivity index (χ2v) is 26.9. The van der Waals surface area contributed by atoms with Crippen LogP contribution in [0.2, 0.25) is 0 Å². The van der Waals surface area contributed by atoms with E-state index in [-0.39, 0.29) is 67.8 Å². The third-order valence-corrected chi connectivity index (χ3v) is 19.7. The van der Waals surface area contributed by atoms with E-state index in [9.17, 15) is 54.1 Å². The molecule has 0 aromatic heterocycles. The molecule has 61 heavy (non-hydrogen) atoms. The number of fused-ring (bicyclic) bond motifs is 3. The molecule has 0 saturated carbocycles. The van der Waals surface area contributed by atoms with E-state index in [1.165, 1.54) is 13.8 Å². The maximum atomic E-state index is 12.1. The summed E-state index contributed by atoms with van der Waals surface area (Å²) in [5.41, 5.74) is 0. The van der Waals surface area contributed by atoms with Crippen LogP contribution < -0.4 is 0 Å². The van der Waals surface area contributed by atoms with Crippen LogP contribution in [0, 0.1) is 44.1 Å². The van der Waals surface area contributed by atoms with E-state index in [0.717, 1.165) is 0 Å².